The Bertz CT molecular complexity index is 5470. The highest BCUT2D eigenvalue weighted by molar-refractivity contribution is 7.22. The molecule has 8 aromatic heterocycles. The summed E-state index contributed by atoms with van der Waals surface area (Å²) in [5.74, 6) is 2.26. The highest BCUT2D eigenvalue weighted by Crippen LogP contribution is 2.76. The van der Waals surface area contributed by atoms with Gasteiger partial charge in [-0.3, -0.25) is 9.36 Å². The van der Waals surface area contributed by atoms with Crippen molar-refractivity contribution in [2.75, 3.05) is 79.4 Å². The third-order valence-electron chi connectivity index (χ3n) is 29.0. The number of likely N-dealkylation sites (tertiary alicyclic amines) is 2. The summed E-state index contributed by atoms with van der Waals surface area (Å²) in [4.78, 5) is 55.7. The second kappa shape index (κ2) is 27.9. The molecule has 8 bridgehead atoms. The van der Waals surface area contributed by atoms with E-state index in [2.05, 4.69) is 115 Å². The minimum Gasteiger partial charge on any atom is -0.476 e. The number of hydrogen-bond acceptors (Lipinski definition) is 21. The van der Waals surface area contributed by atoms with E-state index in [0.717, 1.165) is 186 Å². The lowest BCUT2D eigenvalue weighted by Crippen LogP contribution is -2.64. The van der Waals surface area contributed by atoms with Crippen molar-refractivity contribution in [3.8, 4) is 22.3 Å². The fraction of sp³-hybridized carbons (Fsp3) is 0.556. The lowest BCUT2D eigenvalue weighted by atomic mass is 9.35. The Labute approximate surface area is 680 Å². The van der Waals surface area contributed by atoms with Crippen LogP contribution in [0.2, 0.25) is 0 Å². The Morgan fingerprint density at radius 1 is 0.530 bits per heavy atom. The van der Waals surface area contributed by atoms with Gasteiger partial charge in [-0.1, -0.05) is 68.6 Å². The normalized spacial score (nSPS) is 28.7. The number of pyridine rings is 2. The number of nitrogens with one attached hydrogen (secondary N) is 2. The lowest BCUT2D eigenvalue weighted by molar-refractivity contribution is -0.248. The van der Waals surface area contributed by atoms with Crippen LogP contribution in [-0.4, -0.2) is 156 Å². The van der Waals surface area contributed by atoms with Crippen LogP contribution in [0.25, 0.3) is 42.7 Å². The van der Waals surface area contributed by atoms with Gasteiger partial charge in [-0.15, -0.1) is 20.4 Å². The zero-order valence-corrected chi connectivity index (χ0v) is 69.6. The van der Waals surface area contributed by atoms with Gasteiger partial charge >= 0.3 is 11.9 Å². The van der Waals surface area contributed by atoms with Gasteiger partial charge in [-0.05, 0) is 293 Å². The quantitative estimate of drug-likeness (QED) is 0.0438. The molecule has 22 rings (SSSR count). The Morgan fingerprint density at radius 3 is 1.63 bits per heavy atom. The molecule has 2 saturated heterocycles. The van der Waals surface area contributed by atoms with Gasteiger partial charge in [0.25, 0.3) is 0 Å². The SMILES string of the molecule is Cc1c(Nc2nc3ccccc3s2)nnc2c1CCCN2c1ccc(-c2cnn(C[C@]34C[C@@]5(C)C[C@](C)(C[C@](CCCN6CCC(Cc7ccc8sc(Nc9nnc%10c(c9C)CCCN%10c9ccc(-c%10cnn(C[C@]%11%12C[C@]%13(C)C[C@](C)(C%11)C[C@@](OCCN%11CCCC%11)(C%13)C%12)c%10C)c(C(=O)O)n9)nc8c7)C6)(C5)C3)C4)c2C)c(C(=O)O)n1. The number of carbonyl (C=O) groups is 2. The molecule has 10 fully saturated rings. The maximum absolute atomic E-state index is 13.3. The first-order valence-electron chi connectivity index (χ1n) is 42.5. The Morgan fingerprint density at radius 2 is 1.06 bits per heavy atom. The summed E-state index contributed by atoms with van der Waals surface area (Å²) in [7, 11) is 0. The number of ether oxygens (including phenoxy) is 1. The molecule has 1 unspecified atom stereocenters. The summed E-state index contributed by atoms with van der Waals surface area (Å²) < 4.78 is 13.7. The molecule has 4 aliphatic heterocycles. The number of hydrogen-bond donors (Lipinski definition) is 4. The summed E-state index contributed by atoms with van der Waals surface area (Å²) in [6.45, 7) is 29.0. The number of carboxylic acid groups (broad SMARTS) is 2. The summed E-state index contributed by atoms with van der Waals surface area (Å²) in [5.41, 5.74) is 13.4. The van der Waals surface area contributed by atoms with Crippen molar-refractivity contribution >= 4 is 100 Å². The van der Waals surface area contributed by atoms with Gasteiger partial charge in [0, 0.05) is 95.2 Å². The van der Waals surface area contributed by atoms with E-state index in [4.69, 9.17) is 50.2 Å². The highest BCUT2D eigenvalue weighted by atomic mass is 32.1. The monoisotopic (exact) mass is 1580 g/mol. The van der Waals surface area contributed by atoms with Gasteiger partial charge in [0.2, 0.25) is 0 Å². The van der Waals surface area contributed by atoms with Crippen LogP contribution < -0.4 is 20.4 Å². The fourth-order valence-electron chi connectivity index (χ4n) is 26.9. The average Bonchev–Trinajstić information content (AvgIpc) is 1.54. The van der Waals surface area contributed by atoms with Gasteiger partial charge < -0.3 is 45.2 Å². The Hall–Kier alpha value is -8.88. The van der Waals surface area contributed by atoms with E-state index in [-0.39, 0.29) is 49.5 Å². The maximum Gasteiger partial charge on any atom is 0.355 e. The smallest absolute Gasteiger partial charge is 0.355 e. The van der Waals surface area contributed by atoms with Crippen molar-refractivity contribution in [1.29, 1.82) is 0 Å². The van der Waals surface area contributed by atoms with Crippen LogP contribution in [0.4, 0.5) is 45.2 Å². The molecule has 2 aromatic carbocycles. The molecule has 4 N–H and O–H groups in total. The molecule has 0 radical (unpaired) electrons. The van der Waals surface area contributed by atoms with Crippen molar-refractivity contribution in [3.63, 3.8) is 0 Å². The number of rotatable bonds is 24. The van der Waals surface area contributed by atoms with Crippen molar-refractivity contribution in [3.05, 3.63) is 130 Å². The number of aromatic carboxylic acids is 2. The van der Waals surface area contributed by atoms with Gasteiger partial charge in [0.1, 0.15) is 11.6 Å². The molecular weight excluding hydrogens is 1480 g/mol. The molecule has 25 heteroatoms. The number of anilines is 8. The number of para-hydroxylation sites is 1. The highest BCUT2D eigenvalue weighted by Gasteiger charge is 2.67. The molecule has 12 aliphatic rings. The van der Waals surface area contributed by atoms with E-state index in [0.29, 0.717) is 70.5 Å². The van der Waals surface area contributed by atoms with Crippen LogP contribution in [0.3, 0.4) is 0 Å². The molecule has 115 heavy (non-hydrogen) atoms. The van der Waals surface area contributed by atoms with E-state index in [1.807, 2.05) is 64.7 Å². The molecule has 0 amide bonds. The zero-order valence-electron chi connectivity index (χ0n) is 68.0. The standard InChI is InChI=1S/C90H108N18O5S2/c1-55-61-16-13-31-105(77(61)101-99-75(55)97-81-93-67-18-9-10-19-69(67)114-81)71-24-21-63(73(95-71)79(109)110)65-38-91-107(57(65)3)53-88-45-83(5)41-84(6,46-88)44-87(43-83,51-88)27-15-30-104-33-26-60(40-104)36-59-20-23-70-68(37-59)94-82(115-70)98-76-56(2)62-17-14-32-106(78(62)102-100-76)72-25-22-64(74(96-72)80(111)112)66-39-92-108(58(66)4)54-89-47-85(7)42-86(8,48-89)50-90(49-85,52-89)113-35-34-103-28-11-12-29-103/h9-10,18-25,37-39,60H,11-17,26-36,40-54H2,1-8H3,(H,109,110)(H,111,112)(H,93,97,99)(H,94,98,100)/t60?,83-,84+,85-,86+,87-,88-,89+,90-. The van der Waals surface area contributed by atoms with Crippen LogP contribution in [-0.2, 0) is 37.1 Å². The largest absolute Gasteiger partial charge is 0.476 e. The summed E-state index contributed by atoms with van der Waals surface area (Å²) in [6.07, 6.45) is 28.7. The van der Waals surface area contributed by atoms with Crippen LogP contribution >= 0.6 is 22.7 Å². The lowest BCUT2D eigenvalue weighted by Gasteiger charge is -2.70. The van der Waals surface area contributed by atoms with Crippen LogP contribution in [0.5, 0.6) is 0 Å². The van der Waals surface area contributed by atoms with E-state index >= 15 is 0 Å². The van der Waals surface area contributed by atoms with E-state index in [1.54, 1.807) is 22.7 Å². The van der Waals surface area contributed by atoms with Crippen molar-refractivity contribution < 1.29 is 24.5 Å². The zero-order chi connectivity index (χ0) is 78.8. The van der Waals surface area contributed by atoms with E-state index in [9.17, 15) is 19.8 Å². The second-order valence-electron chi connectivity index (χ2n) is 39.1. The minimum absolute atomic E-state index is 0.00544. The summed E-state index contributed by atoms with van der Waals surface area (Å²) in [5, 5.41) is 59.4. The van der Waals surface area contributed by atoms with Gasteiger partial charge in [0.05, 0.1) is 45.0 Å². The molecule has 10 aromatic rings. The second-order valence-corrected chi connectivity index (χ2v) is 41.1. The fourth-order valence-corrected chi connectivity index (χ4v) is 28.6. The molecular formula is C90H108N18O5S2. The molecule has 8 saturated carbocycles. The van der Waals surface area contributed by atoms with E-state index in [1.165, 1.54) is 95.7 Å². The van der Waals surface area contributed by atoms with Gasteiger partial charge in [-0.25, -0.2) is 29.5 Å². The third kappa shape index (κ3) is 13.8. The topological polar surface area (TPSA) is 260 Å². The number of fused-ring (bicyclic) bond motifs is 4. The predicted molar refractivity (Wildman–Crippen MR) is 451 cm³/mol. The van der Waals surface area contributed by atoms with Crippen LogP contribution in [0.15, 0.2) is 79.1 Å². The molecule has 8 aliphatic carbocycles. The van der Waals surface area contributed by atoms with Crippen LogP contribution in [0, 0.1) is 71.5 Å². The number of aromatic nitrogens is 12. The summed E-state index contributed by atoms with van der Waals surface area (Å²) in [6, 6.07) is 22.6. The average molecular weight is 1590 g/mol. The van der Waals surface area contributed by atoms with Gasteiger partial charge in [0.15, 0.2) is 44.9 Å². The molecule has 23 nitrogen and oxygen atoms in total. The number of thiazole rings is 2. The minimum atomic E-state index is -1.08. The summed E-state index contributed by atoms with van der Waals surface area (Å²) >= 11 is 3.21. The molecule has 0 spiro atoms. The van der Waals surface area contributed by atoms with Gasteiger partial charge in [-0.2, -0.15) is 10.2 Å². The van der Waals surface area contributed by atoms with Crippen molar-refractivity contribution in [2.24, 2.45) is 43.8 Å². The first-order valence-corrected chi connectivity index (χ1v) is 44.1. The molecule has 12 heterocycles. The number of carboxylic acids is 2. The third-order valence-corrected chi connectivity index (χ3v) is 30.9. The Balaban J connectivity index is 0.459. The van der Waals surface area contributed by atoms with E-state index < -0.39 is 11.9 Å². The maximum atomic E-state index is 13.3. The van der Waals surface area contributed by atoms with Crippen molar-refractivity contribution in [1.82, 2.24) is 69.7 Å². The first kappa shape index (κ1) is 74.9. The van der Waals surface area contributed by atoms with Crippen LogP contribution in [0.1, 0.15) is 210 Å². The first-order chi connectivity index (χ1) is 55.3. The molecule has 600 valence electrons. The Kier molecular flexibility index (Phi) is 18.2. The van der Waals surface area contributed by atoms with Crippen molar-refractivity contribution in [2.45, 2.75) is 215 Å². The number of benzene rings is 2. The molecule has 9 atom stereocenters. The predicted octanol–water partition coefficient (Wildman–Crippen LogP) is 18.2. The number of nitrogens with zero attached hydrogens (tertiary/aromatic N) is 16.